The molecule has 0 radical (unpaired) electrons. The van der Waals surface area contributed by atoms with Gasteiger partial charge in [0.1, 0.15) is 5.54 Å². The standard InChI is InChI=1S/C12H18N2O/c1-9(10-4-5-10)11(15)14-12(8-13)6-2-3-7-12/h9-10H,2-7H2,1H3,(H,14,15). The average molecular weight is 206 g/mol. The fourth-order valence-corrected chi connectivity index (χ4v) is 2.40. The summed E-state index contributed by atoms with van der Waals surface area (Å²) in [6.07, 6.45) is 6.12. The maximum Gasteiger partial charge on any atom is 0.224 e. The van der Waals surface area contributed by atoms with E-state index < -0.39 is 5.54 Å². The van der Waals surface area contributed by atoms with Crippen LogP contribution in [0.15, 0.2) is 0 Å². The lowest BCUT2D eigenvalue weighted by Gasteiger charge is -2.24. The van der Waals surface area contributed by atoms with Crippen molar-refractivity contribution in [3.05, 3.63) is 0 Å². The predicted octanol–water partition coefficient (Wildman–Crippen LogP) is 1.99. The number of hydrogen-bond donors (Lipinski definition) is 1. The first kappa shape index (κ1) is 10.5. The predicted molar refractivity (Wildman–Crippen MR) is 56.8 cm³/mol. The molecule has 2 saturated carbocycles. The molecule has 0 aliphatic heterocycles. The molecule has 1 N–H and O–H groups in total. The molecule has 1 amide bonds. The summed E-state index contributed by atoms with van der Waals surface area (Å²) in [6.45, 7) is 1.98. The summed E-state index contributed by atoms with van der Waals surface area (Å²) in [7, 11) is 0. The van der Waals surface area contributed by atoms with Gasteiger partial charge in [-0.05, 0) is 44.4 Å². The van der Waals surface area contributed by atoms with Crippen LogP contribution in [0.4, 0.5) is 0 Å². The first-order chi connectivity index (χ1) is 7.17. The zero-order valence-electron chi connectivity index (χ0n) is 9.25. The summed E-state index contributed by atoms with van der Waals surface area (Å²) in [5, 5.41) is 12.1. The first-order valence-electron chi connectivity index (χ1n) is 5.90. The third-order valence-electron chi connectivity index (χ3n) is 3.78. The molecule has 0 spiro atoms. The second-order valence-corrected chi connectivity index (χ2v) is 5.02. The van der Waals surface area contributed by atoms with E-state index in [0.29, 0.717) is 5.92 Å². The summed E-state index contributed by atoms with van der Waals surface area (Å²) in [6, 6.07) is 2.29. The lowest BCUT2D eigenvalue weighted by Crippen LogP contribution is -2.47. The van der Waals surface area contributed by atoms with Gasteiger partial charge in [0.2, 0.25) is 5.91 Å². The quantitative estimate of drug-likeness (QED) is 0.767. The van der Waals surface area contributed by atoms with Gasteiger partial charge in [-0.1, -0.05) is 6.92 Å². The Bertz CT molecular complexity index is 295. The Labute approximate surface area is 90.8 Å². The highest BCUT2D eigenvalue weighted by molar-refractivity contribution is 5.80. The van der Waals surface area contributed by atoms with Crippen LogP contribution in [-0.4, -0.2) is 11.4 Å². The molecule has 1 atom stereocenters. The summed E-state index contributed by atoms with van der Waals surface area (Å²) in [5.74, 6) is 0.749. The van der Waals surface area contributed by atoms with Crippen molar-refractivity contribution in [1.82, 2.24) is 5.32 Å². The number of hydrogen-bond acceptors (Lipinski definition) is 2. The lowest BCUT2D eigenvalue weighted by molar-refractivity contribution is -0.126. The molecule has 0 aromatic heterocycles. The molecule has 82 valence electrons. The summed E-state index contributed by atoms with van der Waals surface area (Å²) < 4.78 is 0. The average Bonchev–Trinajstić information content (AvgIpc) is 2.99. The molecule has 0 aromatic carbocycles. The molecule has 0 aromatic rings. The third-order valence-corrected chi connectivity index (χ3v) is 3.78. The van der Waals surface area contributed by atoms with Crippen LogP contribution in [0, 0.1) is 23.2 Å². The minimum absolute atomic E-state index is 0.0842. The van der Waals surface area contributed by atoms with E-state index >= 15 is 0 Å². The Balaban J connectivity index is 1.94. The van der Waals surface area contributed by atoms with E-state index in [1.165, 1.54) is 12.8 Å². The zero-order valence-corrected chi connectivity index (χ0v) is 9.25. The highest BCUT2D eigenvalue weighted by Crippen LogP contribution is 2.37. The van der Waals surface area contributed by atoms with Gasteiger partial charge in [-0.25, -0.2) is 0 Å². The molecule has 0 bridgehead atoms. The topological polar surface area (TPSA) is 52.9 Å². The van der Waals surface area contributed by atoms with Crippen molar-refractivity contribution in [2.75, 3.05) is 0 Å². The number of carbonyl (C=O) groups excluding carboxylic acids is 1. The van der Waals surface area contributed by atoms with Crippen molar-refractivity contribution >= 4 is 5.91 Å². The normalized spacial score (nSPS) is 25.6. The van der Waals surface area contributed by atoms with Crippen LogP contribution >= 0.6 is 0 Å². The molecule has 2 fully saturated rings. The summed E-state index contributed by atoms with van der Waals surface area (Å²) in [5.41, 5.74) is -0.541. The molecule has 2 aliphatic carbocycles. The number of amides is 1. The van der Waals surface area contributed by atoms with Gasteiger partial charge in [0.25, 0.3) is 0 Å². The highest BCUT2D eigenvalue weighted by atomic mass is 16.2. The van der Waals surface area contributed by atoms with Crippen LogP contribution in [0.1, 0.15) is 45.4 Å². The van der Waals surface area contributed by atoms with E-state index in [2.05, 4.69) is 11.4 Å². The number of nitrogens with one attached hydrogen (secondary N) is 1. The van der Waals surface area contributed by atoms with Crippen LogP contribution in [-0.2, 0) is 4.79 Å². The second kappa shape index (κ2) is 3.84. The number of nitrogens with zero attached hydrogens (tertiary/aromatic N) is 1. The van der Waals surface area contributed by atoms with Gasteiger partial charge in [-0.3, -0.25) is 4.79 Å². The molecule has 2 aliphatic rings. The van der Waals surface area contributed by atoms with Crippen LogP contribution in [0.2, 0.25) is 0 Å². The number of carbonyl (C=O) groups is 1. The Morgan fingerprint density at radius 1 is 1.47 bits per heavy atom. The van der Waals surface area contributed by atoms with Crippen molar-refractivity contribution in [2.45, 2.75) is 51.0 Å². The van der Waals surface area contributed by atoms with Crippen LogP contribution in [0.25, 0.3) is 0 Å². The Kier molecular flexibility index (Phi) is 2.68. The van der Waals surface area contributed by atoms with Crippen LogP contribution < -0.4 is 5.32 Å². The van der Waals surface area contributed by atoms with Crippen molar-refractivity contribution in [3.63, 3.8) is 0 Å². The van der Waals surface area contributed by atoms with Crippen molar-refractivity contribution < 1.29 is 4.79 Å². The van der Waals surface area contributed by atoms with Gasteiger partial charge in [-0.15, -0.1) is 0 Å². The summed E-state index contributed by atoms with van der Waals surface area (Å²) >= 11 is 0. The third kappa shape index (κ3) is 2.14. The second-order valence-electron chi connectivity index (χ2n) is 5.02. The molecular formula is C12H18N2O. The molecule has 1 unspecified atom stereocenters. The van der Waals surface area contributed by atoms with Gasteiger partial charge in [0.05, 0.1) is 6.07 Å². The Hall–Kier alpha value is -1.04. The number of nitriles is 1. The highest BCUT2D eigenvalue weighted by Gasteiger charge is 2.39. The minimum atomic E-state index is -0.541. The van der Waals surface area contributed by atoms with Crippen LogP contribution in [0.3, 0.4) is 0 Å². The van der Waals surface area contributed by atoms with Gasteiger partial charge in [0, 0.05) is 5.92 Å². The monoisotopic (exact) mass is 206 g/mol. The fraction of sp³-hybridized carbons (Fsp3) is 0.833. The molecule has 0 saturated heterocycles. The van der Waals surface area contributed by atoms with Crippen molar-refractivity contribution in [3.8, 4) is 6.07 Å². The van der Waals surface area contributed by atoms with Crippen LogP contribution in [0.5, 0.6) is 0 Å². The number of rotatable bonds is 3. The maximum absolute atomic E-state index is 11.9. The van der Waals surface area contributed by atoms with E-state index in [-0.39, 0.29) is 11.8 Å². The first-order valence-corrected chi connectivity index (χ1v) is 5.90. The van der Waals surface area contributed by atoms with Gasteiger partial charge in [-0.2, -0.15) is 5.26 Å². The smallest absolute Gasteiger partial charge is 0.224 e. The Morgan fingerprint density at radius 2 is 2.07 bits per heavy atom. The van der Waals surface area contributed by atoms with Gasteiger partial charge < -0.3 is 5.32 Å². The van der Waals surface area contributed by atoms with Gasteiger partial charge in [0.15, 0.2) is 0 Å². The fourth-order valence-electron chi connectivity index (χ4n) is 2.40. The molecule has 15 heavy (non-hydrogen) atoms. The minimum Gasteiger partial charge on any atom is -0.338 e. The van der Waals surface area contributed by atoms with Gasteiger partial charge >= 0.3 is 0 Å². The SMILES string of the molecule is CC(C(=O)NC1(C#N)CCCC1)C1CC1. The molecular weight excluding hydrogens is 188 g/mol. The lowest BCUT2D eigenvalue weighted by atomic mass is 9.97. The largest absolute Gasteiger partial charge is 0.338 e. The molecule has 3 heteroatoms. The van der Waals surface area contributed by atoms with E-state index in [0.717, 1.165) is 25.7 Å². The van der Waals surface area contributed by atoms with E-state index in [1.807, 2.05) is 6.92 Å². The molecule has 2 rings (SSSR count). The van der Waals surface area contributed by atoms with Crippen molar-refractivity contribution in [1.29, 1.82) is 5.26 Å². The van der Waals surface area contributed by atoms with E-state index in [4.69, 9.17) is 5.26 Å². The van der Waals surface area contributed by atoms with E-state index in [9.17, 15) is 4.79 Å². The summed E-state index contributed by atoms with van der Waals surface area (Å²) in [4.78, 5) is 11.9. The van der Waals surface area contributed by atoms with E-state index in [1.54, 1.807) is 0 Å². The van der Waals surface area contributed by atoms with Crippen molar-refractivity contribution in [2.24, 2.45) is 11.8 Å². The molecule has 3 nitrogen and oxygen atoms in total. The molecule has 0 heterocycles. The Morgan fingerprint density at radius 3 is 2.53 bits per heavy atom. The zero-order chi connectivity index (χ0) is 10.9. The maximum atomic E-state index is 11.9.